The van der Waals surface area contributed by atoms with E-state index >= 15 is 0 Å². The van der Waals surface area contributed by atoms with Crippen LogP contribution in [0.25, 0.3) is 0 Å². The molecule has 0 bridgehead atoms. The Labute approximate surface area is 101 Å². The molecule has 5 nitrogen and oxygen atoms in total. The number of guanidine groups is 2. The zero-order chi connectivity index (χ0) is 12.4. The van der Waals surface area contributed by atoms with Crippen LogP contribution in [0, 0.1) is 0 Å². The van der Waals surface area contributed by atoms with Gasteiger partial charge in [-0.1, -0.05) is 38.1 Å². The van der Waals surface area contributed by atoms with Gasteiger partial charge in [-0.05, 0) is 17.0 Å². The number of hydrogen-bond donors (Lipinski definition) is 3. The molecular formula is C12H17N5. The van der Waals surface area contributed by atoms with Crippen molar-refractivity contribution in [3.8, 4) is 0 Å². The maximum atomic E-state index is 5.61. The van der Waals surface area contributed by atoms with Crippen molar-refractivity contribution in [3.05, 3.63) is 35.4 Å². The van der Waals surface area contributed by atoms with E-state index in [4.69, 9.17) is 11.5 Å². The van der Waals surface area contributed by atoms with Crippen molar-refractivity contribution in [3.63, 3.8) is 0 Å². The van der Waals surface area contributed by atoms with E-state index in [1.807, 2.05) is 12.1 Å². The van der Waals surface area contributed by atoms with Crippen LogP contribution in [0.5, 0.6) is 0 Å². The molecule has 2 rings (SSSR count). The minimum absolute atomic E-state index is 0.208. The van der Waals surface area contributed by atoms with E-state index in [9.17, 15) is 0 Å². The third-order valence-electron chi connectivity index (χ3n) is 2.70. The number of aliphatic imine (C=N–C) groups is 2. The zero-order valence-electron chi connectivity index (χ0n) is 10.0. The average Bonchev–Trinajstić information content (AvgIpc) is 2.28. The topological polar surface area (TPSA) is 88.8 Å². The molecular weight excluding hydrogens is 214 g/mol. The molecule has 1 aromatic carbocycles. The van der Waals surface area contributed by atoms with Crippen LogP contribution in [0.1, 0.15) is 37.1 Å². The Morgan fingerprint density at radius 3 is 2.35 bits per heavy atom. The van der Waals surface area contributed by atoms with Crippen LogP contribution < -0.4 is 16.8 Å². The molecule has 1 atom stereocenters. The lowest BCUT2D eigenvalue weighted by Crippen LogP contribution is -2.39. The summed E-state index contributed by atoms with van der Waals surface area (Å²) in [4.78, 5) is 8.01. The van der Waals surface area contributed by atoms with Gasteiger partial charge in [0.1, 0.15) is 0 Å². The van der Waals surface area contributed by atoms with Crippen molar-refractivity contribution in [1.29, 1.82) is 0 Å². The number of nitrogens with one attached hydrogen (secondary N) is 1. The normalized spacial score (nSPS) is 19.6. The fraction of sp³-hybridized carbons (Fsp3) is 0.333. The van der Waals surface area contributed by atoms with Gasteiger partial charge in [0, 0.05) is 0 Å². The van der Waals surface area contributed by atoms with Gasteiger partial charge < -0.3 is 16.8 Å². The first-order valence-electron chi connectivity index (χ1n) is 5.60. The molecule has 0 amide bonds. The first kappa shape index (κ1) is 11.4. The van der Waals surface area contributed by atoms with Crippen molar-refractivity contribution < 1.29 is 0 Å². The van der Waals surface area contributed by atoms with Crippen LogP contribution in [-0.4, -0.2) is 11.9 Å². The fourth-order valence-corrected chi connectivity index (χ4v) is 1.71. The fourth-order valence-electron chi connectivity index (χ4n) is 1.71. The van der Waals surface area contributed by atoms with Gasteiger partial charge in [0.05, 0.1) is 0 Å². The Kier molecular flexibility index (Phi) is 2.99. The molecule has 0 aliphatic carbocycles. The molecule has 1 unspecified atom stereocenters. The first-order valence-corrected chi connectivity index (χ1v) is 5.60. The third kappa shape index (κ3) is 2.55. The highest BCUT2D eigenvalue weighted by Gasteiger charge is 2.15. The molecule has 0 radical (unpaired) electrons. The quantitative estimate of drug-likeness (QED) is 0.710. The first-order chi connectivity index (χ1) is 8.06. The maximum Gasteiger partial charge on any atom is 0.220 e. The van der Waals surface area contributed by atoms with E-state index in [0.717, 1.165) is 5.56 Å². The minimum atomic E-state index is -0.242. The van der Waals surface area contributed by atoms with Gasteiger partial charge in [-0.2, -0.15) is 4.99 Å². The van der Waals surface area contributed by atoms with E-state index in [0.29, 0.717) is 11.9 Å². The molecule has 17 heavy (non-hydrogen) atoms. The van der Waals surface area contributed by atoms with E-state index in [1.54, 1.807) is 0 Å². The van der Waals surface area contributed by atoms with E-state index in [1.165, 1.54) is 5.56 Å². The lowest BCUT2D eigenvalue weighted by atomic mass is 10.0. The Morgan fingerprint density at radius 2 is 1.82 bits per heavy atom. The molecule has 90 valence electrons. The van der Waals surface area contributed by atoms with Gasteiger partial charge in [-0.3, -0.25) is 0 Å². The average molecular weight is 231 g/mol. The summed E-state index contributed by atoms with van der Waals surface area (Å²) in [5, 5.41) is 2.97. The Morgan fingerprint density at radius 1 is 1.18 bits per heavy atom. The van der Waals surface area contributed by atoms with Gasteiger partial charge >= 0.3 is 0 Å². The van der Waals surface area contributed by atoms with Crippen LogP contribution in [0.4, 0.5) is 0 Å². The summed E-state index contributed by atoms with van der Waals surface area (Å²) >= 11 is 0. The number of nitrogens with two attached hydrogens (primary N) is 2. The van der Waals surface area contributed by atoms with Crippen LogP contribution in [0.15, 0.2) is 34.3 Å². The van der Waals surface area contributed by atoms with Crippen LogP contribution >= 0.6 is 0 Å². The lowest BCUT2D eigenvalue weighted by molar-refractivity contribution is 0.666. The number of hydrogen-bond acceptors (Lipinski definition) is 5. The smallest absolute Gasteiger partial charge is 0.220 e. The van der Waals surface area contributed by atoms with E-state index in [2.05, 4.69) is 41.3 Å². The van der Waals surface area contributed by atoms with E-state index < -0.39 is 0 Å². The van der Waals surface area contributed by atoms with Crippen LogP contribution in [0.2, 0.25) is 0 Å². The van der Waals surface area contributed by atoms with Gasteiger partial charge in [-0.15, -0.1) is 0 Å². The standard InChI is InChI=1S/C12H17N5/c1-7(2)8-3-5-9(6-4-8)10-15-11(13)17-12(14)16-10/h3-7,10H,1-2H3,(H5,13,14,15,16,17). The predicted molar refractivity (Wildman–Crippen MR) is 69.7 cm³/mol. The lowest BCUT2D eigenvalue weighted by Gasteiger charge is -2.19. The van der Waals surface area contributed by atoms with E-state index in [-0.39, 0.29) is 12.1 Å². The van der Waals surface area contributed by atoms with Crippen LogP contribution in [-0.2, 0) is 0 Å². The molecule has 5 N–H and O–H groups in total. The Bertz CT molecular complexity index is 458. The van der Waals surface area contributed by atoms with Crippen molar-refractivity contribution in [1.82, 2.24) is 5.32 Å². The van der Waals surface area contributed by atoms with Crippen LogP contribution in [0.3, 0.4) is 0 Å². The molecule has 0 fully saturated rings. The molecule has 1 aliphatic rings. The van der Waals surface area contributed by atoms with Gasteiger partial charge in [0.25, 0.3) is 0 Å². The zero-order valence-corrected chi connectivity index (χ0v) is 10.0. The van der Waals surface area contributed by atoms with Gasteiger partial charge in [0.15, 0.2) is 12.1 Å². The highest BCUT2D eigenvalue weighted by molar-refractivity contribution is 5.95. The summed E-state index contributed by atoms with van der Waals surface area (Å²) in [6.45, 7) is 4.32. The monoisotopic (exact) mass is 231 g/mol. The van der Waals surface area contributed by atoms with Crippen molar-refractivity contribution in [2.75, 3.05) is 0 Å². The third-order valence-corrected chi connectivity index (χ3v) is 2.70. The molecule has 1 aliphatic heterocycles. The van der Waals surface area contributed by atoms with Gasteiger partial charge in [0.2, 0.25) is 5.96 Å². The number of rotatable bonds is 2. The minimum Gasteiger partial charge on any atom is -0.370 e. The van der Waals surface area contributed by atoms with Crippen molar-refractivity contribution >= 4 is 11.9 Å². The highest BCUT2D eigenvalue weighted by atomic mass is 15.3. The Balaban J connectivity index is 2.21. The molecule has 0 aromatic heterocycles. The summed E-state index contributed by atoms with van der Waals surface area (Å²) in [6.07, 6.45) is -0.242. The molecule has 5 heteroatoms. The Hall–Kier alpha value is -2.04. The van der Waals surface area contributed by atoms with Gasteiger partial charge in [-0.25, -0.2) is 4.99 Å². The van der Waals surface area contributed by atoms with Crippen molar-refractivity contribution in [2.45, 2.75) is 25.9 Å². The summed E-state index contributed by atoms with van der Waals surface area (Å²) < 4.78 is 0. The van der Waals surface area contributed by atoms with Crippen molar-refractivity contribution in [2.24, 2.45) is 21.5 Å². The second-order valence-electron chi connectivity index (χ2n) is 4.35. The molecule has 1 heterocycles. The summed E-state index contributed by atoms with van der Waals surface area (Å²) in [7, 11) is 0. The second kappa shape index (κ2) is 4.45. The molecule has 0 spiro atoms. The number of nitrogens with zero attached hydrogens (tertiary/aromatic N) is 2. The second-order valence-corrected chi connectivity index (χ2v) is 4.35. The SMILES string of the molecule is CC(C)c1ccc(C2N=C(N)N=C(N)N2)cc1. The predicted octanol–water partition coefficient (Wildman–Crippen LogP) is 1.04. The summed E-state index contributed by atoms with van der Waals surface area (Å²) in [5.74, 6) is 1.03. The molecule has 0 saturated heterocycles. The molecule has 0 saturated carbocycles. The summed E-state index contributed by atoms with van der Waals surface area (Å²) in [6, 6.07) is 8.25. The highest BCUT2D eigenvalue weighted by Crippen LogP contribution is 2.20. The largest absolute Gasteiger partial charge is 0.370 e. The molecule has 1 aromatic rings. The maximum absolute atomic E-state index is 5.61. The number of benzene rings is 1. The summed E-state index contributed by atoms with van der Waals surface area (Å²) in [5.41, 5.74) is 13.5.